The van der Waals surface area contributed by atoms with Gasteiger partial charge in [0.2, 0.25) is 0 Å². The summed E-state index contributed by atoms with van der Waals surface area (Å²) >= 11 is 0. The summed E-state index contributed by atoms with van der Waals surface area (Å²) in [5.41, 5.74) is 5.07. The summed E-state index contributed by atoms with van der Waals surface area (Å²) in [4.78, 5) is 18.3. The van der Waals surface area contributed by atoms with Crippen molar-refractivity contribution in [3.8, 4) is 0 Å². The molecule has 0 spiro atoms. The van der Waals surface area contributed by atoms with E-state index in [1.807, 2.05) is 0 Å². The van der Waals surface area contributed by atoms with Crippen LogP contribution in [0.1, 0.15) is 6.92 Å². The van der Waals surface area contributed by atoms with Crippen LogP contribution in [0.5, 0.6) is 0 Å². The Hall–Kier alpha value is -0.610. The van der Waals surface area contributed by atoms with E-state index in [0.29, 0.717) is 0 Å². The zero-order valence-electron chi connectivity index (χ0n) is 4.88. The summed E-state index contributed by atoms with van der Waals surface area (Å²) < 4.78 is 0. The van der Waals surface area contributed by atoms with Crippen LogP contribution in [0, 0.1) is 0 Å². The Morgan fingerprint density at radius 3 is 2.38 bits per heavy atom. The Labute approximate surface area is 47.5 Å². The molecule has 0 aliphatic heterocycles. The van der Waals surface area contributed by atoms with Crippen molar-refractivity contribution in [3.05, 3.63) is 0 Å². The second-order valence-electron chi connectivity index (χ2n) is 1.36. The third-order valence-corrected chi connectivity index (χ3v) is 0.537. The van der Waals surface area contributed by atoms with E-state index in [0.717, 1.165) is 0 Å². The first-order chi connectivity index (χ1) is 3.68. The van der Waals surface area contributed by atoms with Crippen molar-refractivity contribution in [2.45, 2.75) is 13.0 Å². The molecule has 0 saturated heterocycles. The fourth-order valence-corrected chi connectivity index (χ4v) is 0.158. The van der Waals surface area contributed by atoms with E-state index < -0.39 is 12.0 Å². The fraction of sp³-hybridized carbons (Fsp3) is 0.750. The van der Waals surface area contributed by atoms with Crippen LogP contribution in [0.15, 0.2) is 0 Å². The van der Waals surface area contributed by atoms with Gasteiger partial charge in [-0.25, -0.2) is 4.79 Å². The monoisotopic (exact) mass is 119 g/mol. The number of rotatable bonds is 2. The fourth-order valence-electron chi connectivity index (χ4n) is 0.158. The number of hydrogen-bond acceptors (Lipinski definition) is 4. The van der Waals surface area contributed by atoms with E-state index in [-0.39, 0.29) is 0 Å². The quantitative estimate of drug-likeness (QED) is 0.391. The van der Waals surface area contributed by atoms with Gasteiger partial charge < -0.3 is 5.73 Å². The van der Waals surface area contributed by atoms with Crippen molar-refractivity contribution >= 4 is 5.97 Å². The standard InChI is InChI=1S/C4H9NO3/c1-3(5)4(6)8-7-2/h3H,5H2,1-2H3/t3-/m0/s1. The third kappa shape index (κ3) is 2.54. The van der Waals surface area contributed by atoms with Crippen LogP contribution in [0.3, 0.4) is 0 Å². The molecule has 4 heteroatoms. The highest BCUT2D eigenvalue weighted by Gasteiger charge is 2.07. The molecule has 0 heterocycles. The molecule has 0 aliphatic carbocycles. The first-order valence-corrected chi connectivity index (χ1v) is 2.18. The lowest BCUT2D eigenvalue weighted by molar-refractivity contribution is -0.255. The molecule has 0 radical (unpaired) electrons. The molecule has 0 aliphatic rings. The third-order valence-electron chi connectivity index (χ3n) is 0.537. The molecule has 0 amide bonds. The average molecular weight is 119 g/mol. The van der Waals surface area contributed by atoms with E-state index in [9.17, 15) is 4.79 Å². The molecule has 0 rings (SSSR count). The highest BCUT2D eigenvalue weighted by molar-refractivity contribution is 5.74. The van der Waals surface area contributed by atoms with E-state index in [4.69, 9.17) is 5.73 Å². The smallest absolute Gasteiger partial charge is 0.319 e. The number of carbonyl (C=O) groups is 1. The van der Waals surface area contributed by atoms with E-state index in [1.165, 1.54) is 14.0 Å². The number of hydrogen-bond donors (Lipinski definition) is 1. The molecule has 0 saturated carbocycles. The van der Waals surface area contributed by atoms with Gasteiger partial charge in [0.25, 0.3) is 0 Å². The molecular weight excluding hydrogens is 110 g/mol. The van der Waals surface area contributed by atoms with Gasteiger partial charge in [0.05, 0.1) is 7.11 Å². The molecule has 0 aromatic rings. The van der Waals surface area contributed by atoms with Crippen molar-refractivity contribution in [1.82, 2.24) is 0 Å². The van der Waals surface area contributed by atoms with Crippen molar-refractivity contribution in [2.75, 3.05) is 7.11 Å². The molecule has 0 bridgehead atoms. The van der Waals surface area contributed by atoms with E-state index in [2.05, 4.69) is 9.78 Å². The predicted octanol–water partition coefficient (Wildman–Crippen LogP) is -0.562. The molecule has 0 aromatic carbocycles. The van der Waals surface area contributed by atoms with Gasteiger partial charge in [0.1, 0.15) is 6.04 Å². The summed E-state index contributed by atoms with van der Waals surface area (Å²) in [5.74, 6) is -0.562. The molecule has 0 fully saturated rings. The SMILES string of the molecule is COOC(=O)[C@H](C)N. The molecule has 8 heavy (non-hydrogen) atoms. The summed E-state index contributed by atoms with van der Waals surface area (Å²) in [5, 5.41) is 0. The Balaban J connectivity index is 3.33. The Kier molecular flexibility index (Phi) is 3.14. The summed E-state index contributed by atoms with van der Waals surface area (Å²) in [6.45, 7) is 1.52. The lowest BCUT2D eigenvalue weighted by atomic mass is 10.4. The van der Waals surface area contributed by atoms with Gasteiger partial charge in [-0.3, -0.25) is 4.89 Å². The second-order valence-corrected chi connectivity index (χ2v) is 1.36. The lowest BCUT2D eigenvalue weighted by Gasteiger charge is -1.99. The van der Waals surface area contributed by atoms with Crippen LogP contribution in [0.2, 0.25) is 0 Å². The van der Waals surface area contributed by atoms with E-state index in [1.54, 1.807) is 0 Å². The van der Waals surface area contributed by atoms with E-state index >= 15 is 0 Å². The zero-order valence-corrected chi connectivity index (χ0v) is 4.88. The van der Waals surface area contributed by atoms with Gasteiger partial charge in [0, 0.05) is 0 Å². The van der Waals surface area contributed by atoms with Crippen molar-refractivity contribution in [1.29, 1.82) is 0 Å². The molecule has 2 N–H and O–H groups in total. The summed E-state index contributed by atoms with van der Waals surface area (Å²) in [7, 11) is 1.25. The molecule has 4 nitrogen and oxygen atoms in total. The van der Waals surface area contributed by atoms with Crippen LogP contribution < -0.4 is 5.73 Å². The first kappa shape index (κ1) is 7.39. The second kappa shape index (κ2) is 3.40. The zero-order chi connectivity index (χ0) is 6.57. The topological polar surface area (TPSA) is 61.5 Å². The summed E-state index contributed by atoms with van der Waals surface area (Å²) in [6, 6.07) is -0.616. The lowest BCUT2D eigenvalue weighted by Crippen LogP contribution is -2.28. The Morgan fingerprint density at radius 2 is 2.25 bits per heavy atom. The molecular formula is C4H9NO3. The molecule has 0 unspecified atom stereocenters. The van der Waals surface area contributed by atoms with Gasteiger partial charge in [0.15, 0.2) is 0 Å². The minimum Gasteiger partial charge on any atom is -0.319 e. The van der Waals surface area contributed by atoms with Gasteiger partial charge in [-0.15, -0.1) is 0 Å². The van der Waals surface area contributed by atoms with Crippen LogP contribution in [-0.4, -0.2) is 19.1 Å². The Bertz CT molecular complexity index is 81.4. The predicted molar refractivity (Wildman–Crippen MR) is 26.8 cm³/mol. The van der Waals surface area contributed by atoms with Crippen molar-refractivity contribution in [3.63, 3.8) is 0 Å². The maximum Gasteiger partial charge on any atom is 0.358 e. The van der Waals surface area contributed by atoms with Crippen molar-refractivity contribution in [2.24, 2.45) is 5.73 Å². The number of nitrogens with two attached hydrogens (primary N) is 1. The highest BCUT2D eigenvalue weighted by Crippen LogP contribution is 1.81. The first-order valence-electron chi connectivity index (χ1n) is 2.18. The van der Waals surface area contributed by atoms with Crippen molar-refractivity contribution < 1.29 is 14.6 Å². The normalized spacial score (nSPS) is 12.9. The van der Waals surface area contributed by atoms with Gasteiger partial charge >= 0.3 is 5.97 Å². The van der Waals surface area contributed by atoms with Crippen LogP contribution in [0.25, 0.3) is 0 Å². The maximum atomic E-state index is 10.3. The minimum absolute atomic E-state index is 0.562. The average Bonchev–Trinajstić information content (AvgIpc) is 1.67. The van der Waals surface area contributed by atoms with Gasteiger partial charge in [-0.2, -0.15) is 4.89 Å². The maximum absolute atomic E-state index is 10.3. The molecule has 48 valence electrons. The van der Waals surface area contributed by atoms with Crippen LogP contribution in [-0.2, 0) is 14.6 Å². The van der Waals surface area contributed by atoms with Crippen LogP contribution in [0.4, 0.5) is 0 Å². The van der Waals surface area contributed by atoms with Gasteiger partial charge in [-0.05, 0) is 6.92 Å². The van der Waals surface area contributed by atoms with Gasteiger partial charge in [-0.1, -0.05) is 0 Å². The summed E-state index contributed by atoms with van der Waals surface area (Å²) in [6.07, 6.45) is 0. The highest BCUT2D eigenvalue weighted by atomic mass is 17.2. The minimum atomic E-state index is -0.616. The molecule has 1 atom stereocenters. The largest absolute Gasteiger partial charge is 0.358 e. The Morgan fingerprint density at radius 1 is 1.75 bits per heavy atom. The number of carbonyl (C=O) groups excluding carboxylic acids is 1. The van der Waals surface area contributed by atoms with Crippen LogP contribution >= 0.6 is 0 Å². The molecule has 0 aromatic heterocycles.